The molecule has 2 N–H and O–H groups in total. The molecule has 3 aromatic carbocycles. The molecule has 0 radical (unpaired) electrons. The summed E-state index contributed by atoms with van der Waals surface area (Å²) in [5.74, 6) is -0.711. The predicted octanol–water partition coefficient (Wildman–Crippen LogP) is 6.78. The highest BCUT2D eigenvalue weighted by Gasteiger charge is 2.69. The first kappa shape index (κ1) is 24.0. The number of piperidine rings is 1. The van der Waals surface area contributed by atoms with Gasteiger partial charge in [-0.3, -0.25) is 9.69 Å². The Morgan fingerprint density at radius 3 is 2.33 bits per heavy atom. The molecule has 39 heavy (non-hydrogen) atoms. The van der Waals surface area contributed by atoms with Crippen molar-refractivity contribution in [3.05, 3.63) is 111 Å². The average Bonchev–Trinajstić information content (AvgIpc) is 2.98. The quantitative estimate of drug-likeness (QED) is 0.295. The van der Waals surface area contributed by atoms with Gasteiger partial charge in [-0.25, -0.2) is 4.79 Å². The fourth-order valence-electron chi connectivity index (χ4n) is 6.79. The lowest BCUT2D eigenvalue weighted by Crippen LogP contribution is -2.66. The van der Waals surface area contributed by atoms with Crippen LogP contribution in [0.2, 0.25) is 0 Å². The van der Waals surface area contributed by atoms with Crippen LogP contribution >= 0.6 is 0 Å². The van der Waals surface area contributed by atoms with Crippen LogP contribution < -0.4 is 10.7 Å². The normalized spacial score (nSPS) is 23.9. The van der Waals surface area contributed by atoms with E-state index in [1.54, 1.807) is 25.1 Å². The molecule has 0 amide bonds. The zero-order valence-corrected chi connectivity index (χ0v) is 20.8. The van der Waals surface area contributed by atoms with Gasteiger partial charge in [0.15, 0.2) is 5.43 Å². The van der Waals surface area contributed by atoms with E-state index in [1.807, 2.05) is 12.1 Å². The number of aromatic carboxylic acids is 1. The number of anilines is 1. The Morgan fingerprint density at radius 1 is 1.05 bits per heavy atom. The summed E-state index contributed by atoms with van der Waals surface area (Å²) in [6.07, 6.45) is -3.15. The molecule has 4 aromatic rings. The molecule has 9 heteroatoms. The third kappa shape index (κ3) is 3.32. The number of benzene rings is 3. The van der Waals surface area contributed by atoms with Crippen molar-refractivity contribution in [3.8, 4) is 0 Å². The molecule has 4 heterocycles. The molecule has 7 rings (SSSR count). The van der Waals surface area contributed by atoms with E-state index in [0.29, 0.717) is 5.76 Å². The number of halogens is 3. The Morgan fingerprint density at radius 2 is 1.69 bits per heavy atom. The lowest BCUT2D eigenvalue weighted by molar-refractivity contribution is -0.205. The van der Waals surface area contributed by atoms with Crippen LogP contribution in [0.3, 0.4) is 0 Å². The minimum absolute atomic E-state index is 0.0173. The first-order chi connectivity index (χ1) is 18.6. The molecule has 3 aliphatic heterocycles. The highest BCUT2D eigenvalue weighted by molar-refractivity contribution is 5.94. The van der Waals surface area contributed by atoms with Gasteiger partial charge in [0.25, 0.3) is 0 Å². The van der Waals surface area contributed by atoms with Gasteiger partial charge in [-0.15, -0.1) is 0 Å². The van der Waals surface area contributed by atoms with E-state index < -0.39 is 34.7 Å². The lowest BCUT2D eigenvalue weighted by atomic mass is 9.65. The predicted molar refractivity (Wildman–Crippen MR) is 138 cm³/mol. The maximum absolute atomic E-state index is 13.9. The topological polar surface area (TPSA) is 82.8 Å². The molecule has 2 fully saturated rings. The third-order valence-corrected chi connectivity index (χ3v) is 8.58. The summed E-state index contributed by atoms with van der Waals surface area (Å²) in [5.41, 5.74) is 1.04. The Kier molecular flexibility index (Phi) is 4.89. The summed E-state index contributed by atoms with van der Waals surface area (Å²) in [4.78, 5) is 27.4. The number of carbonyl (C=O) groups is 1. The zero-order valence-electron chi connectivity index (χ0n) is 20.8. The van der Waals surface area contributed by atoms with Crippen LogP contribution in [0.1, 0.15) is 76.3 Å². The molecule has 3 atom stereocenters. The molecule has 3 aliphatic rings. The van der Waals surface area contributed by atoms with Crippen LogP contribution in [-0.2, 0) is 11.7 Å². The fraction of sp³-hybridized carbons (Fsp3) is 0.267. The van der Waals surface area contributed by atoms with Crippen molar-refractivity contribution in [3.63, 3.8) is 0 Å². The van der Waals surface area contributed by atoms with Crippen LogP contribution in [-0.4, -0.2) is 16.0 Å². The second kappa shape index (κ2) is 7.95. The molecule has 0 saturated carbocycles. The van der Waals surface area contributed by atoms with Gasteiger partial charge in [0, 0.05) is 29.4 Å². The minimum atomic E-state index is -4.69. The van der Waals surface area contributed by atoms with Crippen molar-refractivity contribution >= 4 is 22.6 Å². The van der Waals surface area contributed by atoms with Crippen LogP contribution in [0, 0.1) is 0 Å². The SMILES string of the molecule is CC(Nc1ccccc1C(=O)O)c1cc(C(F)(F)F)cc2c(=O)cc(C34CC5c6ccccc6C(C3)N54)oc12. The van der Waals surface area contributed by atoms with E-state index in [9.17, 15) is 27.9 Å². The van der Waals surface area contributed by atoms with Crippen molar-refractivity contribution in [2.24, 2.45) is 0 Å². The monoisotopic (exact) mass is 532 g/mol. The summed E-state index contributed by atoms with van der Waals surface area (Å²) in [5, 5.41) is 12.4. The number of rotatable bonds is 5. The molecular weight excluding hydrogens is 509 g/mol. The average molecular weight is 533 g/mol. The maximum atomic E-state index is 13.9. The van der Waals surface area contributed by atoms with E-state index in [-0.39, 0.29) is 39.9 Å². The highest BCUT2D eigenvalue weighted by atomic mass is 19.4. The van der Waals surface area contributed by atoms with Gasteiger partial charge in [-0.05, 0) is 55.2 Å². The van der Waals surface area contributed by atoms with Crippen molar-refractivity contribution in [2.75, 3.05) is 5.32 Å². The Labute approximate surface area is 220 Å². The van der Waals surface area contributed by atoms with Crippen LogP contribution in [0.15, 0.2) is 75.9 Å². The number of fused-ring (bicyclic) bond motifs is 4. The number of hydrogen-bond donors (Lipinski definition) is 2. The standard InChI is InChI=1S/C30H23F3N2O4/c1-15(34-22-9-5-4-8-19(22)28(37)38)20-10-16(30(31,32)33)11-21-25(36)12-26(39-27(20)21)29-13-23-17-6-2-3-7-18(17)24(14-29)35(23)29/h2-12,15,23-24,34H,13-14H2,1H3,(H,37,38). The summed E-state index contributed by atoms with van der Waals surface area (Å²) in [7, 11) is 0. The maximum Gasteiger partial charge on any atom is 0.416 e. The van der Waals surface area contributed by atoms with E-state index in [1.165, 1.54) is 23.3 Å². The summed E-state index contributed by atoms with van der Waals surface area (Å²) >= 11 is 0. The zero-order chi connectivity index (χ0) is 27.3. The highest BCUT2D eigenvalue weighted by Crippen LogP contribution is 2.72. The fourth-order valence-corrected chi connectivity index (χ4v) is 6.79. The molecule has 1 aromatic heterocycles. The summed E-state index contributed by atoms with van der Waals surface area (Å²) in [6.45, 7) is 1.62. The van der Waals surface area contributed by atoms with Gasteiger partial charge in [0.2, 0.25) is 0 Å². The van der Waals surface area contributed by atoms with Crippen molar-refractivity contribution in [2.45, 2.75) is 49.6 Å². The number of alkyl halides is 3. The van der Waals surface area contributed by atoms with Gasteiger partial charge in [0.1, 0.15) is 11.3 Å². The van der Waals surface area contributed by atoms with Crippen LogP contribution in [0.4, 0.5) is 18.9 Å². The number of para-hydroxylation sites is 1. The number of nitrogens with zero attached hydrogens (tertiary/aromatic N) is 1. The molecule has 3 unspecified atom stereocenters. The van der Waals surface area contributed by atoms with Crippen molar-refractivity contribution in [1.82, 2.24) is 4.90 Å². The second-order valence-electron chi connectivity index (χ2n) is 10.6. The van der Waals surface area contributed by atoms with Gasteiger partial charge in [0.05, 0.1) is 28.1 Å². The van der Waals surface area contributed by atoms with Gasteiger partial charge in [-0.2, -0.15) is 13.2 Å². The number of hydrogen-bond acceptors (Lipinski definition) is 5. The molecule has 2 saturated heterocycles. The van der Waals surface area contributed by atoms with E-state index in [2.05, 4.69) is 22.3 Å². The minimum Gasteiger partial charge on any atom is -0.478 e. The molecule has 198 valence electrons. The van der Waals surface area contributed by atoms with Gasteiger partial charge >= 0.3 is 12.1 Å². The lowest BCUT2D eigenvalue weighted by Gasteiger charge is -2.65. The first-order valence-corrected chi connectivity index (χ1v) is 12.7. The summed E-state index contributed by atoms with van der Waals surface area (Å²) < 4.78 is 48.0. The van der Waals surface area contributed by atoms with Gasteiger partial charge in [-0.1, -0.05) is 36.4 Å². The molecular formula is C30H23F3N2O4. The largest absolute Gasteiger partial charge is 0.478 e. The number of carboxylic acid groups (broad SMARTS) is 1. The van der Waals surface area contributed by atoms with Gasteiger partial charge < -0.3 is 14.8 Å². The Balaban J connectivity index is 1.34. The Bertz CT molecular complexity index is 1710. The van der Waals surface area contributed by atoms with E-state index >= 15 is 0 Å². The molecule has 0 bridgehead atoms. The number of nitrogens with one attached hydrogen (secondary N) is 1. The first-order valence-electron chi connectivity index (χ1n) is 12.7. The van der Waals surface area contributed by atoms with Crippen LogP contribution in [0.25, 0.3) is 11.0 Å². The van der Waals surface area contributed by atoms with E-state index in [0.717, 1.165) is 25.0 Å². The molecule has 6 nitrogen and oxygen atoms in total. The summed E-state index contributed by atoms with van der Waals surface area (Å²) in [6, 6.07) is 17.3. The van der Waals surface area contributed by atoms with E-state index in [4.69, 9.17) is 4.42 Å². The molecule has 0 aliphatic carbocycles. The number of carboxylic acids is 1. The van der Waals surface area contributed by atoms with Crippen molar-refractivity contribution < 1.29 is 27.5 Å². The molecule has 0 spiro atoms. The Hall–Kier alpha value is -4.11. The van der Waals surface area contributed by atoms with Crippen molar-refractivity contribution in [1.29, 1.82) is 0 Å². The van der Waals surface area contributed by atoms with Crippen LogP contribution in [0.5, 0.6) is 0 Å². The third-order valence-electron chi connectivity index (χ3n) is 8.58. The second-order valence-corrected chi connectivity index (χ2v) is 10.6. The smallest absolute Gasteiger partial charge is 0.416 e.